The van der Waals surface area contributed by atoms with E-state index in [1.807, 2.05) is 0 Å². The van der Waals surface area contributed by atoms with Crippen molar-refractivity contribution in [1.82, 2.24) is 0 Å². The Kier molecular flexibility index (Phi) is 4.16. The summed E-state index contributed by atoms with van der Waals surface area (Å²) in [5.41, 5.74) is -0.102. The van der Waals surface area contributed by atoms with Gasteiger partial charge in [-0.25, -0.2) is 0 Å². The van der Waals surface area contributed by atoms with Crippen molar-refractivity contribution in [3.05, 3.63) is 0 Å². The minimum Gasteiger partial charge on any atom is -0.330 e. The molecule has 0 amide bonds. The van der Waals surface area contributed by atoms with Crippen LogP contribution in [-0.2, 0) is 14.2 Å². The second kappa shape index (κ2) is 4.94. The smallest absolute Gasteiger partial charge is 0.272 e. The van der Waals surface area contributed by atoms with E-state index in [0.717, 1.165) is 32.5 Å². The normalized spacial score (nSPS) is 27.5. The predicted octanol–water partition coefficient (Wildman–Crippen LogP) is 2.30. The van der Waals surface area contributed by atoms with Gasteiger partial charge in [0.25, 0.3) is 6.48 Å². The summed E-state index contributed by atoms with van der Waals surface area (Å²) in [4.78, 5) is 0. The molecule has 1 atom stereocenters. The van der Waals surface area contributed by atoms with Gasteiger partial charge in [0.1, 0.15) is 0 Å². The van der Waals surface area contributed by atoms with E-state index in [9.17, 15) is 0 Å². The van der Waals surface area contributed by atoms with Crippen LogP contribution in [0.15, 0.2) is 0 Å². The SMILES string of the molecule is CCCCOC1OCCC(C)(C)O1. The van der Waals surface area contributed by atoms with E-state index in [1.165, 1.54) is 0 Å². The van der Waals surface area contributed by atoms with Crippen LogP contribution in [0.5, 0.6) is 0 Å². The van der Waals surface area contributed by atoms with Gasteiger partial charge in [-0.1, -0.05) is 13.3 Å². The fourth-order valence-electron chi connectivity index (χ4n) is 1.16. The molecule has 1 aliphatic rings. The van der Waals surface area contributed by atoms with E-state index in [0.29, 0.717) is 0 Å². The molecule has 0 aromatic carbocycles. The van der Waals surface area contributed by atoms with Gasteiger partial charge in [-0.15, -0.1) is 0 Å². The van der Waals surface area contributed by atoms with Crippen molar-refractivity contribution >= 4 is 0 Å². The molecule has 3 nitrogen and oxygen atoms in total. The Hall–Kier alpha value is -0.120. The highest BCUT2D eigenvalue weighted by molar-refractivity contribution is 4.70. The topological polar surface area (TPSA) is 27.7 Å². The third-order valence-electron chi connectivity index (χ3n) is 2.13. The number of unbranched alkanes of at least 4 members (excludes halogenated alkanes) is 1. The zero-order valence-electron chi connectivity index (χ0n) is 8.84. The minimum atomic E-state index is -0.449. The maximum Gasteiger partial charge on any atom is 0.272 e. The van der Waals surface area contributed by atoms with Crippen molar-refractivity contribution in [2.75, 3.05) is 13.2 Å². The molecule has 0 saturated carbocycles. The zero-order valence-corrected chi connectivity index (χ0v) is 8.84. The van der Waals surface area contributed by atoms with Crippen LogP contribution < -0.4 is 0 Å². The van der Waals surface area contributed by atoms with Crippen LogP contribution in [0.1, 0.15) is 40.0 Å². The lowest BCUT2D eigenvalue weighted by molar-refractivity contribution is -0.351. The summed E-state index contributed by atoms with van der Waals surface area (Å²) in [5.74, 6) is 0. The lowest BCUT2D eigenvalue weighted by Gasteiger charge is -2.35. The van der Waals surface area contributed by atoms with Crippen molar-refractivity contribution in [3.8, 4) is 0 Å². The van der Waals surface area contributed by atoms with E-state index in [4.69, 9.17) is 14.2 Å². The van der Waals surface area contributed by atoms with Crippen LogP contribution in [0.25, 0.3) is 0 Å². The molecule has 0 N–H and O–H groups in total. The molecule has 78 valence electrons. The van der Waals surface area contributed by atoms with E-state index < -0.39 is 6.48 Å². The highest BCUT2D eigenvalue weighted by Gasteiger charge is 2.29. The fourth-order valence-corrected chi connectivity index (χ4v) is 1.16. The largest absolute Gasteiger partial charge is 0.330 e. The van der Waals surface area contributed by atoms with Crippen molar-refractivity contribution in [2.24, 2.45) is 0 Å². The summed E-state index contributed by atoms with van der Waals surface area (Å²) < 4.78 is 16.3. The lowest BCUT2D eigenvalue weighted by Crippen LogP contribution is -2.40. The molecule has 1 saturated heterocycles. The predicted molar refractivity (Wildman–Crippen MR) is 50.4 cm³/mol. The van der Waals surface area contributed by atoms with Crippen LogP contribution in [0.2, 0.25) is 0 Å². The highest BCUT2D eigenvalue weighted by Crippen LogP contribution is 2.23. The average Bonchev–Trinajstić information content (AvgIpc) is 2.03. The maximum atomic E-state index is 5.58. The summed E-state index contributed by atoms with van der Waals surface area (Å²) >= 11 is 0. The summed E-state index contributed by atoms with van der Waals surface area (Å²) in [6.45, 7) is 7.25. The van der Waals surface area contributed by atoms with Gasteiger partial charge in [-0.2, -0.15) is 0 Å². The highest BCUT2D eigenvalue weighted by atomic mass is 16.9. The summed E-state index contributed by atoms with van der Waals surface area (Å²) in [7, 11) is 0. The van der Waals surface area contributed by atoms with Crippen molar-refractivity contribution in [2.45, 2.75) is 52.1 Å². The van der Waals surface area contributed by atoms with Gasteiger partial charge in [0, 0.05) is 0 Å². The van der Waals surface area contributed by atoms with E-state index >= 15 is 0 Å². The molecule has 0 spiro atoms. The van der Waals surface area contributed by atoms with Crippen LogP contribution in [-0.4, -0.2) is 25.3 Å². The first kappa shape index (κ1) is 11.0. The third-order valence-corrected chi connectivity index (χ3v) is 2.13. The van der Waals surface area contributed by atoms with Gasteiger partial charge in [0.15, 0.2) is 0 Å². The quantitative estimate of drug-likeness (QED) is 0.633. The fraction of sp³-hybridized carbons (Fsp3) is 1.00. The molecule has 0 bridgehead atoms. The molecule has 13 heavy (non-hydrogen) atoms. The summed E-state index contributed by atoms with van der Waals surface area (Å²) in [6.07, 6.45) is 3.13. The number of ether oxygens (including phenoxy) is 3. The van der Waals surface area contributed by atoms with Gasteiger partial charge in [-0.3, -0.25) is 0 Å². The Bertz CT molecular complexity index is 145. The van der Waals surface area contributed by atoms with Gasteiger partial charge in [0.2, 0.25) is 0 Å². The van der Waals surface area contributed by atoms with Gasteiger partial charge in [-0.05, 0) is 26.7 Å². The van der Waals surface area contributed by atoms with Crippen molar-refractivity contribution in [3.63, 3.8) is 0 Å². The Balaban J connectivity index is 2.19. The van der Waals surface area contributed by atoms with Crippen LogP contribution >= 0.6 is 0 Å². The number of hydrogen-bond donors (Lipinski definition) is 0. The average molecular weight is 188 g/mol. The Morgan fingerprint density at radius 3 is 2.85 bits per heavy atom. The van der Waals surface area contributed by atoms with E-state index in [1.54, 1.807) is 0 Å². The Labute approximate surface area is 80.4 Å². The molecular weight excluding hydrogens is 168 g/mol. The summed E-state index contributed by atoms with van der Waals surface area (Å²) in [6, 6.07) is 0. The first-order valence-electron chi connectivity index (χ1n) is 5.05. The van der Waals surface area contributed by atoms with Crippen LogP contribution in [0, 0.1) is 0 Å². The molecule has 0 aromatic rings. The van der Waals surface area contributed by atoms with Gasteiger partial charge < -0.3 is 14.2 Å². The molecule has 0 radical (unpaired) electrons. The zero-order chi connectivity index (χ0) is 9.73. The molecular formula is C10H20O3. The maximum absolute atomic E-state index is 5.58. The molecule has 0 aliphatic carbocycles. The van der Waals surface area contributed by atoms with Crippen molar-refractivity contribution < 1.29 is 14.2 Å². The first-order chi connectivity index (χ1) is 6.14. The monoisotopic (exact) mass is 188 g/mol. The van der Waals surface area contributed by atoms with E-state index in [-0.39, 0.29) is 5.60 Å². The first-order valence-corrected chi connectivity index (χ1v) is 5.05. The minimum absolute atomic E-state index is 0.102. The molecule has 1 rings (SSSR count). The molecule has 1 unspecified atom stereocenters. The van der Waals surface area contributed by atoms with Gasteiger partial charge >= 0.3 is 0 Å². The van der Waals surface area contributed by atoms with Crippen LogP contribution in [0.3, 0.4) is 0 Å². The number of hydrogen-bond acceptors (Lipinski definition) is 3. The second-order valence-electron chi connectivity index (χ2n) is 4.01. The standard InChI is InChI=1S/C10H20O3/c1-4-5-7-11-9-12-8-6-10(2,3)13-9/h9H,4-8H2,1-3H3. The Morgan fingerprint density at radius 2 is 2.23 bits per heavy atom. The summed E-state index contributed by atoms with van der Waals surface area (Å²) in [5, 5.41) is 0. The van der Waals surface area contributed by atoms with Crippen molar-refractivity contribution in [1.29, 1.82) is 0 Å². The molecule has 0 aromatic heterocycles. The van der Waals surface area contributed by atoms with E-state index in [2.05, 4.69) is 20.8 Å². The molecule has 1 aliphatic heterocycles. The molecule has 1 heterocycles. The third kappa shape index (κ3) is 4.07. The van der Waals surface area contributed by atoms with Gasteiger partial charge in [0.05, 0.1) is 18.8 Å². The second-order valence-corrected chi connectivity index (χ2v) is 4.01. The van der Waals surface area contributed by atoms with Crippen LogP contribution in [0.4, 0.5) is 0 Å². The Morgan fingerprint density at radius 1 is 1.46 bits per heavy atom. The lowest BCUT2D eigenvalue weighted by atomic mass is 10.1. The number of rotatable bonds is 4. The molecule has 1 fully saturated rings. The molecule has 3 heteroatoms.